The molecule has 1 amide bonds. The highest BCUT2D eigenvalue weighted by molar-refractivity contribution is 7.99. The molecule has 0 bridgehead atoms. The summed E-state index contributed by atoms with van der Waals surface area (Å²) in [5.41, 5.74) is 0.715. The number of hydrogen-bond acceptors (Lipinski definition) is 5. The van der Waals surface area contributed by atoms with Crippen molar-refractivity contribution in [2.75, 3.05) is 19.3 Å². The maximum absolute atomic E-state index is 12.9. The average Bonchev–Trinajstić information content (AvgIpc) is 2.93. The van der Waals surface area contributed by atoms with Gasteiger partial charge in [0.1, 0.15) is 5.03 Å². The molecule has 25 heavy (non-hydrogen) atoms. The normalized spacial score (nSPS) is 11.6. The van der Waals surface area contributed by atoms with Gasteiger partial charge in [-0.1, -0.05) is 11.6 Å². The monoisotopic (exact) mass is 401 g/mol. The molecule has 0 unspecified atom stereocenters. The highest BCUT2D eigenvalue weighted by atomic mass is 35.5. The Balaban J connectivity index is 2.62. The number of halogens is 1. The Labute approximate surface area is 157 Å². The molecular formula is C16H20ClN3O3S2. The van der Waals surface area contributed by atoms with Gasteiger partial charge in [-0.2, -0.15) is 13.5 Å². The predicted molar refractivity (Wildman–Crippen MR) is 100 cm³/mol. The fraction of sp³-hybridized carbons (Fsp3) is 0.375. The van der Waals surface area contributed by atoms with Crippen molar-refractivity contribution in [1.29, 1.82) is 0 Å². The van der Waals surface area contributed by atoms with Gasteiger partial charge in [0, 0.05) is 18.1 Å². The molecular weight excluding hydrogens is 382 g/mol. The minimum atomic E-state index is -3.92. The number of aryl methyl sites for hydroxylation is 1. The van der Waals surface area contributed by atoms with Crippen LogP contribution in [0.3, 0.4) is 0 Å². The minimum Gasteiger partial charge on any atom is -0.339 e. The third kappa shape index (κ3) is 3.70. The molecule has 0 spiro atoms. The van der Waals surface area contributed by atoms with Crippen LogP contribution in [0.4, 0.5) is 0 Å². The Morgan fingerprint density at radius 3 is 2.28 bits per heavy atom. The van der Waals surface area contributed by atoms with E-state index >= 15 is 0 Å². The van der Waals surface area contributed by atoms with Gasteiger partial charge in [0.15, 0.2) is 0 Å². The maximum Gasteiger partial charge on any atom is 0.284 e. The summed E-state index contributed by atoms with van der Waals surface area (Å²) in [5, 5.41) is 4.90. The van der Waals surface area contributed by atoms with Crippen molar-refractivity contribution in [1.82, 2.24) is 14.1 Å². The molecule has 0 fully saturated rings. The highest BCUT2D eigenvalue weighted by Crippen LogP contribution is 2.29. The first kappa shape index (κ1) is 19.8. The molecule has 1 heterocycles. The van der Waals surface area contributed by atoms with Crippen LogP contribution in [0.25, 0.3) is 0 Å². The van der Waals surface area contributed by atoms with Crippen molar-refractivity contribution in [2.45, 2.75) is 30.7 Å². The average molecular weight is 402 g/mol. The molecule has 0 aliphatic heterocycles. The van der Waals surface area contributed by atoms with Crippen LogP contribution in [0.5, 0.6) is 0 Å². The fourth-order valence-electron chi connectivity index (χ4n) is 2.45. The quantitative estimate of drug-likeness (QED) is 0.694. The molecule has 0 radical (unpaired) electrons. The van der Waals surface area contributed by atoms with Gasteiger partial charge in [0.25, 0.3) is 15.9 Å². The second-order valence-electron chi connectivity index (χ2n) is 5.25. The first-order valence-electron chi connectivity index (χ1n) is 7.71. The van der Waals surface area contributed by atoms with E-state index in [1.54, 1.807) is 18.1 Å². The molecule has 0 atom stereocenters. The largest absolute Gasteiger partial charge is 0.339 e. The summed E-state index contributed by atoms with van der Waals surface area (Å²) in [6.07, 6.45) is 1.73. The molecule has 2 rings (SSSR count). The van der Waals surface area contributed by atoms with E-state index in [0.29, 0.717) is 34.4 Å². The Hall–Kier alpha value is -1.51. The summed E-state index contributed by atoms with van der Waals surface area (Å²) in [4.78, 5) is 14.5. The van der Waals surface area contributed by atoms with E-state index in [0.717, 1.165) is 4.09 Å². The fourth-order valence-corrected chi connectivity index (χ4v) is 4.95. The zero-order valence-electron chi connectivity index (χ0n) is 14.5. The lowest BCUT2D eigenvalue weighted by molar-refractivity contribution is 0.0768. The SMILES string of the molecule is CCN(CC)C(=O)c1c(C)nn(S(=O)(=O)c2ccc(Cl)cc2)c1SC. The lowest BCUT2D eigenvalue weighted by atomic mass is 10.2. The number of aromatic nitrogens is 2. The molecule has 9 heteroatoms. The Kier molecular flexibility index (Phi) is 6.18. The zero-order valence-corrected chi connectivity index (χ0v) is 16.9. The van der Waals surface area contributed by atoms with E-state index in [2.05, 4.69) is 5.10 Å². The van der Waals surface area contributed by atoms with Crippen molar-refractivity contribution in [2.24, 2.45) is 0 Å². The summed E-state index contributed by atoms with van der Waals surface area (Å²) in [6.45, 7) is 6.48. The van der Waals surface area contributed by atoms with Crippen LogP contribution < -0.4 is 0 Å². The van der Waals surface area contributed by atoms with Gasteiger partial charge in [-0.15, -0.1) is 15.8 Å². The first-order valence-corrected chi connectivity index (χ1v) is 10.8. The highest BCUT2D eigenvalue weighted by Gasteiger charge is 2.30. The van der Waals surface area contributed by atoms with Crippen LogP contribution in [0.1, 0.15) is 29.9 Å². The number of amides is 1. The minimum absolute atomic E-state index is 0.0662. The van der Waals surface area contributed by atoms with Crippen molar-refractivity contribution >= 4 is 39.3 Å². The summed E-state index contributed by atoms with van der Waals surface area (Å²) < 4.78 is 26.8. The number of hydrogen-bond donors (Lipinski definition) is 0. The van der Waals surface area contributed by atoms with Gasteiger partial charge < -0.3 is 4.90 Å². The van der Waals surface area contributed by atoms with E-state index in [4.69, 9.17) is 11.6 Å². The second-order valence-corrected chi connectivity index (χ2v) is 8.25. The summed E-state index contributed by atoms with van der Waals surface area (Å²) in [6, 6.07) is 5.85. The van der Waals surface area contributed by atoms with Crippen molar-refractivity contribution < 1.29 is 13.2 Å². The van der Waals surface area contributed by atoms with Gasteiger partial charge in [-0.05, 0) is 51.3 Å². The topological polar surface area (TPSA) is 72.3 Å². The van der Waals surface area contributed by atoms with E-state index in [9.17, 15) is 13.2 Å². The number of nitrogens with zero attached hydrogens (tertiary/aromatic N) is 3. The van der Waals surface area contributed by atoms with Gasteiger partial charge >= 0.3 is 0 Å². The Bertz CT molecular complexity index is 873. The van der Waals surface area contributed by atoms with Crippen LogP contribution in [-0.4, -0.2) is 47.8 Å². The van der Waals surface area contributed by atoms with Crippen LogP contribution >= 0.6 is 23.4 Å². The van der Waals surface area contributed by atoms with Gasteiger partial charge in [0.2, 0.25) is 0 Å². The third-order valence-electron chi connectivity index (χ3n) is 3.79. The molecule has 0 aliphatic carbocycles. The first-order chi connectivity index (χ1) is 11.8. The van der Waals surface area contributed by atoms with Crippen LogP contribution in [0.2, 0.25) is 5.02 Å². The number of rotatable bonds is 6. The van der Waals surface area contributed by atoms with Gasteiger partial charge in [-0.3, -0.25) is 4.79 Å². The van der Waals surface area contributed by atoms with E-state index in [-0.39, 0.29) is 10.8 Å². The smallest absolute Gasteiger partial charge is 0.284 e. The zero-order chi connectivity index (χ0) is 18.8. The van der Waals surface area contributed by atoms with Crippen LogP contribution in [0, 0.1) is 6.92 Å². The number of benzene rings is 1. The molecule has 0 saturated heterocycles. The molecule has 0 saturated carbocycles. The second kappa shape index (κ2) is 7.80. The van der Waals surface area contributed by atoms with Crippen molar-refractivity contribution in [3.05, 3.63) is 40.5 Å². The molecule has 0 N–H and O–H groups in total. The van der Waals surface area contributed by atoms with Crippen molar-refractivity contribution in [3.8, 4) is 0 Å². The molecule has 1 aromatic heterocycles. The third-order valence-corrected chi connectivity index (χ3v) is 6.51. The lowest BCUT2D eigenvalue weighted by Crippen LogP contribution is -2.31. The number of thioether (sulfide) groups is 1. The van der Waals surface area contributed by atoms with Crippen molar-refractivity contribution in [3.63, 3.8) is 0 Å². The van der Waals surface area contributed by atoms with E-state index in [1.165, 1.54) is 36.0 Å². The van der Waals surface area contributed by atoms with Gasteiger partial charge in [-0.25, -0.2) is 0 Å². The molecule has 136 valence electrons. The number of carbonyl (C=O) groups is 1. The standard InChI is InChI=1S/C16H20ClN3O3S2/c1-5-19(6-2)15(21)14-11(3)18-20(16(14)24-4)25(22,23)13-9-7-12(17)8-10-13/h7-10H,5-6H2,1-4H3. The Morgan fingerprint density at radius 2 is 1.80 bits per heavy atom. The lowest BCUT2D eigenvalue weighted by Gasteiger charge is -2.19. The van der Waals surface area contributed by atoms with Crippen LogP contribution in [0.15, 0.2) is 34.2 Å². The summed E-state index contributed by atoms with van der Waals surface area (Å²) in [5.74, 6) is -0.218. The molecule has 2 aromatic rings. The predicted octanol–water partition coefficient (Wildman–Crippen LogP) is 3.29. The van der Waals surface area contributed by atoms with E-state index in [1.807, 2.05) is 13.8 Å². The van der Waals surface area contributed by atoms with E-state index < -0.39 is 10.0 Å². The van der Waals surface area contributed by atoms with Crippen LogP contribution in [-0.2, 0) is 10.0 Å². The van der Waals surface area contributed by atoms with Gasteiger partial charge in [0.05, 0.1) is 16.2 Å². The molecule has 1 aromatic carbocycles. The summed E-state index contributed by atoms with van der Waals surface area (Å²) >= 11 is 7.01. The number of carbonyl (C=O) groups excluding carboxylic acids is 1. The Morgan fingerprint density at radius 1 is 1.24 bits per heavy atom. The summed E-state index contributed by atoms with van der Waals surface area (Å²) in [7, 11) is -3.92. The maximum atomic E-state index is 12.9. The molecule has 0 aliphatic rings. The molecule has 6 nitrogen and oxygen atoms in total.